The number of carbonyl (C=O) groups excluding carboxylic acids is 1. The average Bonchev–Trinajstić information content (AvgIpc) is 2.46. The van der Waals surface area contributed by atoms with Gasteiger partial charge in [-0.2, -0.15) is 0 Å². The summed E-state index contributed by atoms with van der Waals surface area (Å²) in [6, 6.07) is 11.5. The first kappa shape index (κ1) is 14.6. The van der Waals surface area contributed by atoms with Crippen LogP contribution in [-0.2, 0) is 6.61 Å². The summed E-state index contributed by atoms with van der Waals surface area (Å²) in [5, 5.41) is 0. The Kier molecular flexibility index (Phi) is 4.79. The molecule has 0 aliphatic heterocycles. The highest BCUT2D eigenvalue weighted by Crippen LogP contribution is 2.33. The number of aldehydes is 1. The van der Waals surface area contributed by atoms with Crippen LogP contribution in [-0.4, -0.2) is 13.4 Å². The van der Waals surface area contributed by atoms with Crippen LogP contribution < -0.4 is 9.47 Å². The number of benzene rings is 2. The number of hydrogen-bond donors (Lipinski definition) is 0. The first-order valence-corrected chi connectivity index (χ1v) is 6.95. The van der Waals surface area contributed by atoms with Gasteiger partial charge in [0, 0.05) is 10.0 Å². The Bertz CT molecular complexity index is 623. The minimum absolute atomic E-state index is 0.454. The molecule has 0 atom stereocenters. The third-order valence-corrected chi connectivity index (χ3v) is 3.74. The molecule has 0 bridgehead atoms. The van der Waals surface area contributed by atoms with Gasteiger partial charge in [0.05, 0.1) is 7.11 Å². The van der Waals surface area contributed by atoms with E-state index in [0.717, 1.165) is 11.8 Å². The Morgan fingerprint density at radius 1 is 1.20 bits per heavy atom. The highest BCUT2D eigenvalue weighted by molar-refractivity contribution is 9.10. The van der Waals surface area contributed by atoms with Crippen molar-refractivity contribution in [3.8, 4) is 11.5 Å². The lowest BCUT2D eigenvalue weighted by atomic mass is 10.1. The molecular weight excluding hydrogens is 320 g/mol. The minimum Gasteiger partial charge on any atom is -0.493 e. The van der Waals surface area contributed by atoms with E-state index in [1.807, 2.05) is 31.2 Å². The molecule has 2 aromatic carbocycles. The van der Waals surface area contributed by atoms with Crippen molar-refractivity contribution in [1.82, 2.24) is 0 Å². The van der Waals surface area contributed by atoms with E-state index in [1.165, 1.54) is 5.56 Å². The van der Waals surface area contributed by atoms with E-state index in [9.17, 15) is 4.79 Å². The molecule has 0 aliphatic carbocycles. The number of rotatable bonds is 5. The lowest BCUT2D eigenvalue weighted by molar-refractivity contribution is 0.112. The molecular formula is C16H15BrO3. The van der Waals surface area contributed by atoms with Crippen LogP contribution in [0.15, 0.2) is 40.9 Å². The highest BCUT2D eigenvalue weighted by atomic mass is 79.9. The van der Waals surface area contributed by atoms with Crippen LogP contribution in [0.3, 0.4) is 0 Å². The molecule has 2 rings (SSSR count). The molecule has 0 fully saturated rings. The molecule has 0 unspecified atom stereocenters. The molecule has 104 valence electrons. The number of halogens is 1. The van der Waals surface area contributed by atoms with Crippen LogP contribution in [0.1, 0.15) is 21.5 Å². The van der Waals surface area contributed by atoms with E-state index in [-0.39, 0.29) is 0 Å². The van der Waals surface area contributed by atoms with Gasteiger partial charge in [-0.3, -0.25) is 4.79 Å². The third-order valence-electron chi connectivity index (χ3n) is 3.05. The second kappa shape index (κ2) is 6.57. The minimum atomic E-state index is 0.454. The number of ether oxygens (including phenoxy) is 2. The Balaban J connectivity index is 2.23. The summed E-state index contributed by atoms with van der Waals surface area (Å²) in [6.45, 7) is 2.50. The van der Waals surface area contributed by atoms with Gasteiger partial charge in [0.1, 0.15) is 6.61 Å². The molecule has 0 N–H and O–H groups in total. The highest BCUT2D eigenvalue weighted by Gasteiger charge is 2.10. The third kappa shape index (κ3) is 3.20. The van der Waals surface area contributed by atoms with E-state index in [4.69, 9.17) is 9.47 Å². The fourth-order valence-electron chi connectivity index (χ4n) is 1.84. The summed E-state index contributed by atoms with van der Waals surface area (Å²) < 4.78 is 11.7. The predicted molar refractivity (Wildman–Crippen MR) is 81.6 cm³/mol. The Morgan fingerprint density at radius 3 is 2.60 bits per heavy atom. The lowest BCUT2D eigenvalue weighted by Crippen LogP contribution is -2.00. The summed E-state index contributed by atoms with van der Waals surface area (Å²) >= 11 is 3.34. The number of aryl methyl sites for hydroxylation is 1. The zero-order valence-electron chi connectivity index (χ0n) is 11.4. The van der Waals surface area contributed by atoms with Gasteiger partial charge in [0.15, 0.2) is 17.8 Å². The van der Waals surface area contributed by atoms with Gasteiger partial charge in [-0.1, -0.05) is 24.3 Å². The summed E-state index contributed by atoms with van der Waals surface area (Å²) in [5.74, 6) is 1.15. The van der Waals surface area contributed by atoms with Gasteiger partial charge in [0.25, 0.3) is 0 Å². The molecule has 0 aromatic heterocycles. The molecule has 0 amide bonds. The monoisotopic (exact) mass is 334 g/mol. The molecule has 2 aromatic rings. The molecule has 3 nitrogen and oxygen atoms in total. The Morgan fingerprint density at radius 2 is 1.95 bits per heavy atom. The van der Waals surface area contributed by atoms with E-state index in [0.29, 0.717) is 28.1 Å². The standard InChI is InChI=1S/C16H15BrO3/c1-11-5-3-4-6-12(11)10-20-16-8-14(17)13(9-18)7-15(16)19-2/h3-9H,10H2,1-2H3. The molecule has 20 heavy (non-hydrogen) atoms. The van der Waals surface area contributed by atoms with Crippen LogP contribution >= 0.6 is 15.9 Å². The number of carbonyl (C=O) groups is 1. The molecule has 4 heteroatoms. The van der Waals surface area contributed by atoms with Crippen molar-refractivity contribution in [1.29, 1.82) is 0 Å². The Labute approximate surface area is 126 Å². The predicted octanol–water partition coefficient (Wildman–Crippen LogP) is 4.16. The molecule has 0 saturated carbocycles. The maximum Gasteiger partial charge on any atom is 0.162 e. The maximum atomic E-state index is 10.9. The number of hydrogen-bond acceptors (Lipinski definition) is 3. The topological polar surface area (TPSA) is 35.5 Å². The van der Waals surface area contributed by atoms with Gasteiger partial charge in [-0.05, 0) is 46.1 Å². The second-order valence-electron chi connectivity index (χ2n) is 4.36. The van der Waals surface area contributed by atoms with E-state index < -0.39 is 0 Å². The van der Waals surface area contributed by atoms with Gasteiger partial charge >= 0.3 is 0 Å². The molecule has 0 heterocycles. The van der Waals surface area contributed by atoms with Crippen molar-refractivity contribution in [2.45, 2.75) is 13.5 Å². The van der Waals surface area contributed by atoms with Crippen molar-refractivity contribution in [3.63, 3.8) is 0 Å². The van der Waals surface area contributed by atoms with Crippen LogP contribution in [0.25, 0.3) is 0 Å². The summed E-state index contributed by atoms with van der Waals surface area (Å²) in [4.78, 5) is 10.9. The van der Waals surface area contributed by atoms with Crippen molar-refractivity contribution >= 4 is 22.2 Å². The van der Waals surface area contributed by atoms with Crippen LogP contribution in [0, 0.1) is 6.92 Å². The van der Waals surface area contributed by atoms with Crippen LogP contribution in [0.2, 0.25) is 0 Å². The molecule has 0 aliphatic rings. The SMILES string of the molecule is COc1cc(C=O)c(Br)cc1OCc1ccccc1C. The van der Waals surface area contributed by atoms with E-state index in [2.05, 4.69) is 15.9 Å². The second-order valence-corrected chi connectivity index (χ2v) is 5.21. The fourth-order valence-corrected chi connectivity index (χ4v) is 2.26. The van der Waals surface area contributed by atoms with E-state index in [1.54, 1.807) is 19.2 Å². The maximum absolute atomic E-state index is 10.9. The average molecular weight is 335 g/mol. The van der Waals surface area contributed by atoms with Crippen molar-refractivity contribution in [2.24, 2.45) is 0 Å². The normalized spacial score (nSPS) is 10.2. The largest absolute Gasteiger partial charge is 0.493 e. The molecule has 0 radical (unpaired) electrons. The van der Waals surface area contributed by atoms with Crippen molar-refractivity contribution in [3.05, 3.63) is 57.6 Å². The zero-order chi connectivity index (χ0) is 14.5. The first-order chi connectivity index (χ1) is 9.65. The van der Waals surface area contributed by atoms with Gasteiger partial charge < -0.3 is 9.47 Å². The molecule has 0 saturated heterocycles. The molecule has 0 spiro atoms. The van der Waals surface area contributed by atoms with E-state index >= 15 is 0 Å². The van der Waals surface area contributed by atoms with Gasteiger partial charge in [-0.25, -0.2) is 0 Å². The van der Waals surface area contributed by atoms with Crippen LogP contribution in [0.4, 0.5) is 0 Å². The summed E-state index contributed by atoms with van der Waals surface area (Å²) in [6.07, 6.45) is 0.776. The summed E-state index contributed by atoms with van der Waals surface area (Å²) in [5.41, 5.74) is 2.82. The van der Waals surface area contributed by atoms with Crippen LogP contribution in [0.5, 0.6) is 11.5 Å². The number of methoxy groups -OCH3 is 1. The van der Waals surface area contributed by atoms with Gasteiger partial charge in [-0.15, -0.1) is 0 Å². The fraction of sp³-hybridized carbons (Fsp3) is 0.188. The summed E-state index contributed by atoms with van der Waals surface area (Å²) in [7, 11) is 1.55. The smallest absolute Gasteiger partial charge is 0.162 e. The van der Waals surface area contributed by atoms with Gasteiger partial charge in [0.2, 0.25) is 0 Å². The lowest BCUT2D eigenvalue weighted by Gasteiger charge is -2.13. The van der Waals surface area contributed by atoms with Crippen molar-refractivity contribution in [2.75, 3.05) is 7.11 Å². The van der Waals surface area contributed by atoms with Crippen molar-refractivity contribution < 1.29 is 14.3 Å². The Hall–Kier alpha value is -1.81. The zero-order valence-corrected chi connectivity index (χ0v) is 12.9. The quantitative estimate of drug-likeness (QED) is 0.770. The first-order valence-electron chi connectivity index (χ1n) is 6.15.